The molecule has 0 radical (unpaired) electrons. The monoisotopic (exact) mass is 364 g/mol. The molecule has 1 aliphatic heterocycles. The maximum absolute atomic E-state index is 12.6. The first kappa shape index (κ1) is 13.3. The van der Waals surface area contributed by atoms with Crippen LogP contribution in [0.3, 0.4) is 0 Å². The zero-order valence-corrected chi connectivity index (χ0v) is 12.6. The fourth-order valence-corrected chi connectivity index (χ4v) is 4.52. The first-order valence-corrected chi connectivity index (χ1v) is 8.24. The van der Waals surface area contributed by atoms with Crippen molar-refractivity contribution in [2.45, 2.75) is 18.5 Å². The standard InChI is InChI=1S/C12H14IO3P/c1-15-17(14)12(8-7-11(9-13)16-17)10-5-3-2-4-6-10/h2-6,9,12H,7-8H2,1H3/b11-9+. The van der Waals surface area contributed by atoms with Crippen LogP contribution in [0.4, 0.5) is 0 Å². The minimum absolute atomic E-state index is 0.159. The number of rotatable bonds is 2. The van der Waals surface area contributed by atoms with Gasteiger partial charge in [0.2, 0.25) is 0 Å². The molecule has 3 nitrogen and oxygen atoms in total. The molecule has 1 heterocycles. The lowest BCUT2D eigenvalue weighted by Gasteiger charge is -2.37. The van der Waals surface area contributed by atoms with Gasteiger partial charge in [0.05, 0.1) is 7.11 Å². The molecule has 1 saturated heterocycles. The Bertz CT molecular complexity index is 409. The van der Waals surface area contributed by atoms with Gasteiger partial charge in [-0.05, 0) is 28.2 Å². The van der Waals surface area contributed by atoms with Gasteiger partial charge in [-0.25, -0.2) is 4.52 Å². The van der Waals surface area contributed by atoms with Gasteiger partial charge in [-0.15, -0.1) is 0 Å². The minimum Gasteiger partial charge on any atom is -0.624 e. The van der Waals surface area contributed by atoms with Crippen molar-refractivity contribution >= 4 is 30.5 Å². The topological polar surface area (TPSA) is 41.5 Å². The zero-order valence-electron chi connectivity index (χ0n) is 9.51. The Balaban J connectivity index is 2.29. The molecule has 0 N–H and O–H groups in total. The molecule has 2 unspecified atom stereocenters. The fraction of sp³-hybridized carbons (Fsp3) is 0.333. The highest BCUT2D eigenvalue weighted by atomic mass is 127. The molecule has 92 valence electrons. The highest BCUT2D eigenvalue weighted by Crippen LogP contribution is 2.69. The van der Waals surface area contributed by atoms with Crippen molar-refractivity contribution in [3.8, 4) is 0 Å². The van der Waals surface area contributed by atoms with Crippen LogP contribution in [-0.4, -0.2) is 7.11 Å². The van der Waals surface area contributed by atoms with Crippen molar-refractivity contribution in [1.29, 1.82) is 0 Å². The largest absolute Gasteiger partial charge is 0.624 e. The zero-order chi connectivity index (χ0) is 12.3. The highest BCUT2D eigenvalue weighted by molar-refractivity contribution is 14.1. The van der Waals surface area contributed by atoms with E-state index in [1.165, 1.54) is 7.11 Å². The average molecular weight is 364 g/mol. The summed E-state index contributed by atoms with van der Waals surface area (Å²) in [7, 11) is -1.62. The lowest BCUT2D eigenvalue weighted by molar-refractivity contribution is -0.218. The summed E-state index contributed by atoms with van der Waals surface area (Å²) in [5, 5.41) is 0. The third-order valence-electron chi connectivity index (χ3n) is 2.85. The summed E-state index contributed by atoms with van der Waals surface area (Å²) >= 11 is 2.10. The van der Waals surface area contributed by atoms with E-state index in [9.17, 15) is 4.89 Å². The van der Waals surface area contributed by atoms with Gasteiger partial charge in [-0.2, -0.15) is 0 Å². The van der Waals surface area contributed by atoms with E-state index in [-0.39, 0.29) is 5.66 Å². The molecule has 2 rings (SSSR count). The maximum Gasteiger partial charge on any atom is 0.291 e. The Morgan fingerprint density at radius 1 is 1.47 bits per heavy atom. The molecule has 0 aliphatic carbocycles. The van der Waals surface area contributed by atoms with Gasteiger partial charge in [-0.1, -0.05) is 30.3 Å². The Morgan fingerprint density at radius 3 is 2.76 bits per heavy atom. The van der Waals surface area contributed by atoms with Crippen molar-refractivity contribution in [2.24, 2.45) is 0 Å². The summed E-state index contributed by atoms with van der Waals surface area (Å²) in [6.07, 6.45) is 1.60. The molecule has 0 saturated carbocycles. The maximum atomic E-state index is 12.6. The van der Waals surface area contributed by atoms with Crippen LogP contribution in [0.5, 0.6) is 0 Å². The van der Waals surface area contributed by atoms with E-state index in [4.69, 9.17) is 9.05 Å². The molecule has 2 atom stereocenters. The van der Waals surface area contributed by atoms with Crippen LogP contribution in [0, 0.1) is 0 Å². The average Bonchev–Trinajstić information content (AvgIpc) is 2.39. The van der Waals surface area contributed by atoms with E-state index in [0.29, 0.717) is 0 Å². The Hall–Kier alpha value is -0.160. The lowest BCUT2D eigenvalue weighted by Crippen LogP contribution is -2.25. The van der Waals surface area contributed by atoms with Crippen LogP contribution < -0.4 is 4.89 Å². The van der Waals surface area contributed by atoms with Gasteiger partial charge in [0.25, 0.3) is 7.94 Å². The first-order chi connectivity index (χ1) is 8.19. The summed E-state index contributed by atoms with van der Waals surface area (Å²) in [5.74, 6) is 0.753. The molecule has 0 aromatic heterocycles. The second kappa shape index (κ2) is 5.65. The van der Waals surface area contributed by atoms with Gasteiger partial charge in [-0.3, -0.25) is 0 Å². The molecule has 0 amide bonds. The van der Waals surface area contributed by atoms with Crippen molar-refractivity contribution in [2.75, 3.05) is 7.11 Å². The Labute approximate surface area is 116 Å². The van der Waals surface area contributed by atoms with Gasteiger partial charge < -0.3 is 9.42 Å². The van der Waals surface area contributed by atoms with Gasteiger partial charge in [0.1, 0.15) is 0 Å². The molecule has 1 aromatic rings. The van der Waals surface area contributed by atoms with Crippen LogP contribution in [0.25, 0.3) is 0 Å². The summed E-state index contributed by atoms with van der Waals surface area (Å²) < 4.78 is 12.5. The number of allylic oxidation sites excluding steroid dienone is 1. The summed E-state index contributed by atoms with van der Waals surface area (Å²) in [6, 6.07) is 9.77. The van der Waals surface area contributed by atoms with E-state index in [2.05, 4.69) is 22.6 Å². The first-order valence-electron chi connectivity index (χ1n) is 5.39. The Morgan fingerprint density at radius 2 is 2.18 bits per heavy atom. The second-order valence-electron chi connectivity index (χ2n) is 3.85. The number of hydrogen-bond acceptors (Lipinski definition) is 3. The quantitative estimate of drug-likeness (QED) is 0.595. The third kappa shape index (κ3) is 2.81. The molecule has 0 bridgehead atoms. The number of halogens is 1. The summed E-state index contributed by atoms with van der Waals surface area (Å²) in [6.45, 7) is 0. The third-order valence-corrected chi connectivity index (χ3v) is 5.86. The summed E-state index contributed by atoms with van der Waals surface area (Å²) in [4.78, 5) is 12.6. The lowest BCUT2D eigenvalue weighted by atomic mass is 10.1. The van der Waals surface area contributed by atoms with Crippen LogP contribution in [-0.2, 0) is 9.05 Å². The van der Waals surface area contributed by atoms with Gasteiger partial charge >= 0.3 is 0 Å². The molecule has 5 heteroatoms. The molecule has 17 heavy (non-hydrogen) atoms. The normalized spacial score (nSPS) is 31.2. The van der Waals surface area contributed by atoms with E-state index < -0.39 is 7.94 Å². The van der Waals surface area contributed by atoms with Crippen molar-refractivity contribution in [3.63, 3.8) is 0 Å². The molecule has 0 spiro atoms. The van der Waals surface area contributed by atoms with Crippen LogP contribution in [0.1, 0.15) is 24.1 Å². The SMILES string of the molecule is CO[P+]1([O-])O/C(=C/I)CCC1c1ccccc1. The molecule has 1 aromatic carbocycles. The van der Waals surface area contributed by atoms with Crippen molar-refractivity contribution in [3.05, 3.63) is 45.7 Å². The van der Waals surface area contributed by atoms with E-state index in [1.54, 1.807) is 0 Å². The molecule has 1 aliphatic rings. The van der Waals surface area contributed by atoms with Gasteiger partial charge in [0, 0.05) is 16.9 Å². The summed E-state index contributed by atoms with van der Waals surface area (Å²) in [5.41, 5.74) is 0.860. The predicted molar refractivity (Wildman–Crippen MR) is 75.5 cm³/mol. The number of hydrogen-bond donors (Lipinski definition) is 0. The van der Waals surface area contributed by atoms with Crippen molar-refractivity contribution in [1.82, 2.24) is 0 Å². The van der Waals surface area contributed by atoms with Crippen LogP contribution in [0.2, 0.25) is 0 Å². The predicted octanol–water partition coefficient (Wildman–Crippen LogP) is 3.58. The van der Waals surface area contributed by atoms with E-state index >= 15 is 0 Å². The van der Waals surface area contributed by atoms with E-state index in [1.807, 2.05) is 34.4 Å². The molecule has 1 fully saturated rings. The smallest absolute Gasteiger partial charge is 0.291 e. The minimum atomic E-state index is -3.07. The van der Waals surface area contributed by atoms with Crippen molar-refractivity contribution < 1.29 is 13.9 Å². The molecular weight excluding hydrogens is 350 g/mol. The van der Waals surface area contributed by atoms with E-state index in [0.717, 1.165) is 24.2 Å². The second-order valence-corrected chi connectivity index (χ2v) is 6.73. The Kier molecular flexibility index (Phi) is 4.42. The van der Waals surface area contributed by atoms with Gasteiger partial charge in [0.15, 0.2) is 11.4 Å². The fourth-order valence-electron chi connectivity index (χ4n) is 1.97. The highest BCUT2D eigenvalue weighted by Gasteiger charge is 2.46. The van der Waals surface area contributed by atoms with Crippen LogP contribution >= 0.6 is 30.5 Å². The molecular formula is C12H14IO3P. The van der Waals surface area contributed by atoms with Crippen LogP contribution in [0.15, 0.2) is 40.2 Å². The number of benzene rings is 1.